The van der Waals surface area contributed by atoms with Crippen LogP contribution in [0.3, 0.4) is 0 Å². The summed E-state index contributed by atoms with van der Waals surface area (Å²) in [7, 11) is 0. The van der Waals surface area contributed by atoms with Crippen LogP contribution in [0.5, 0.6) is 5.75 Å². The minimum atomic E-state index is -2.78. The lowest BCUT2D eigenvalue weighted by Crippen LogP contribution is -2.63. The number of phenolic OH excluding ortho intramolecular Hbond substituents is 1. The van der Waals surface area contributed by atoms with Gasteiger partial charge in [-0.2, -0.15) is 0 Å². The topological polar surface area (TPSA) is 197 Å². The number of carbonyl (C=O) groups is 3. The third kappa shape index (κ3) is 3.15. The number of Topliss-reactive ketones (excluding diaryl/α,β-unsaturated/α-hetero) is 2. The van der Waals surface area contributed by atoms with Crippen molar-refractivity contribution in [3.8, 4) is 5.75 Å². The van der Waals surface area contributed by atoms with Crippen molar-refractivity contribution < 1.29 is 34.8 Å². The molecule has 0 radical (unpaired) electrons. The van der Waals surface area contributed by atoms with Gasteiger partial charge in [0, 0.05) is 34.9 Å². The largest absolute Gasteiger partial charge is 0.510 e. The number of benzene rings is 2. The van der Waals surface area contributed by atoms with E-state index in [4.69, 9.17) is 11.5 Å². The molecule has 2 aromatic carbocycles. The number of aliphatic hydroxyl groups excluding tert-OH is 2. The van der Waals surface area contributed by atoms with Gasteiger partial charge in [0.25, 0.3) is 5.91 Å². The van der Waals surface area contributed by atoms with Crippen molar-refractivity contribution in [2.24, 2.45) is 23.3 Å². The first-order chi connectivity index (χ1) is 18.5. The highest BCUT2D eigenvalue weighted by Crippen LogP contribution is 2.56. The van der Waals surface area contributed by atoms with Gasteiger partial charge >= 0.3 is 0 Å². The molecular weight excluding hydrogens is 502 g/mol. The van der Waals surface area contributed by atoms with Gasteiger partial charge in [-0.15, -0.1) is 0 Å². The van der Waals surface area contributed by atoms with E-state index in [1.54, 1.807) is 18.2 Å². The Labute approximate surface area is 221 Å². The number of hydrogen-bond acceptors (Lipinski definition) is 9. The number of allylic oxidation sites excluding steroid dienone is 1. The van der Waals surface area contributed by atoms with E-state index in [1.165, 1.54) is 6.20 Å². The Hall–Kier alpha value is -4.54. The molecule has 5 atom stereocenters. The molecule has 0 unspecified atom stereocenters. The van der Waals surface area contributed by atoms with Crippen molar-refractivity contribution >= 4 is 28.4 Å². The van der Waals surface area contributed by atoms with Crippen LogP contribution in [0.25, 0.3) is 10.9 Å². The van der Waals surface area contributed by atoms with E-state index in [0.717, 1.165) is 11.1 Å². The highest BCUT2D eigenvalue weighted by Gasteiger charge is 2.63. The second kappa shape index (κ2) is 8.23. The Kier molecular flexibility index (Phi) is 5.23. The molecule has 0 saturated carbocycles. The number of aromatic nitrogens is 1. The summed E-state index contributed by atoms with van der Waals surface area (Å²) in [6.07, 6.45) is 1.37. The first kappa shape index (κ1) is 24.8. The van der Waals surface area contributed by atoms with Gasteiger partial charge < -0.3 is 31.9 Å². The van der Waals surface area contributed by atoms with Gasteiger partial charge in [0.05, 0.1) is 11.6 Å². The minimum absolute atomic E-state index is 0.103. The van der Waals surface area contributed by atoms with Crippen LogP contribution in [0.1, 0.15) is 39.4 Å². The van der Waals surface area contributed by atoms with Crippen molar-refractivity contribution in [1.29, 1.82) is 0 Å². The summed E-state index contributed by atoms with van der Waals surface area (Å²) in [6, 6.07) is 11.3. The molecule has 3 aromatic rings. The first-order valence-corrected chi connectivity index (χ1v) is 12.4. The van der Waals surface area contributed by atoms with Crippen LogP contribution >= 0.6 is 0 Å². The van der Waals surface area contributed by atoms with Crippen LogP contribution < -0.4 is 11.5 Å². The minimum Gasteiger partial charge on any atom is -0.510 e. The number of amides is 1. The van der Waals surface area contributed by atoms with Crippen molar-refractivity contribution in [1.82, 2.24) is 4.98 Å². The van der Waals surface area contributed by atoms with E-state index in [9.17, 15) is 34.8 Å². The number of hydrogen-bond donors (Lipinski definition) is 6. The molecule has 1 amide bonds. The summed E-state index contributed by atoms with van der Waals surface area (Å²) in [5.41, 5.74) is 9.85. The molecule has 39 heavy (non-hydrogen) atoms. The fraction of sp³-hybridized carbons (Fsp3) is 0.241. The second-order valence-electron chi connectivity index (χ2n) is 10.4. The molecule has 0 saturated heterocycles. The zero-order valence-corrected chi connectivity index (χ0v) is 20.8. The normalized spacial score (nSPS) is 28.3. The average Bonchev–Trinajstić information content (AvgIpc) is 2.90. The van der Waals surface area contributed by atoms with Crippen LogP contribution in [-0.4, -0.2) is 54.5 Å². The predicted molar refractivity (Wildman–Crippen MR) is 139 cm³/mol. The van der Waals surface area contributed by atoms with Gasteiger partial charge in [0.2, 0.25) is 5.78 Å². The lowest BCUT2D eigenvalue weighted by atomic mass is 9.55. The van der Waals surface area contributed by atoms with E-state index < -0.39 is 64.0 Å². The fourth-order valence-electron chi connectivity index (χ4n) is 6.53. The number of carbonyl (C=O) groups excluding carboxylic acids is 3. The number of primary amides is 1. The highest BCUT2D eigenvalue weighted by atomic mass is 16.3. The number of nitrogens with two attached hydrogens (primary N) is 2. The number of aliphatic hydroxyl groups is 3. The SMILES string of the molecule is Cc1ccc([C@H]2c3cc4cccnc4c(O)c3C(=O)C3=C(O)[C@]4(O)C(=O)C(C(N)=O)=C(O)[C@@H](N)[C@@H]4C[C@@H]32)cc1. The molecule has 3 aliphatic rings. The molecule has 198 valence electrons. The molecule has 10 nitrogen and oxygen atoms in total. The van der Waals surface area contributed by atoms with E-state index in [1.807, 2.05) is 31.2 Å². The maximum absolute atomic E-state index is 14.0. The maximum Gasteiger partial charge on any atom is 0.255 e. The quantitative estimate of drug-likeness (QED) is 0.270. The Morgan fingerprint density at radius 1 is 1.10 bits per heavy atom. The maximum atomic E-state index is 14.0. The molecule has 0 bridgehead atoms. The summed E-state index contributed by atoms with van der Waals surface area (Å²) < 4.78 is 0. The number of aryl methyl sites for hydroxylation is 1. The Morgan fingerprint density at radius 3 is 2.46 bits per heavy atom. The van der Waals surface area contributed by atoms with Crippen LogP contribution in [0, 0.1) is 18.8 Å². The predicted octanol–water partition coefficient (Wildman–Crippen LogP) is 1.96. The number of pyridine rings is 1. The molecular formula is C29H25N3O7. The van der Waals surface area contributed by atoms with Crippen LogP contribution in [-0.2, 0) is 9.59 Å². The van der Waals surface area contributed by atoms with Gasteiger partial charge in [0.15, 0.2) is 17.1 Å². The number of rotatable bonds is 2. The molecule has 3 aliphatic carbocycles. The van der Waals surface area contributed by atoms with E-state index in [-0.39, 0.29) is 28.8 Å². The first-order valence-electron chi connectivity index (χ1n) is 12.4. The monoisotopic (exact) mass is 527 g/mol. The Balaban J connectivity index is 1.68. The van der Waals surface area contributed by atoms with Crippen molar-refractivity contribution in [3.63, 3.8) is 0 Å². The number of aromatic hydroxyl groups is 1. The molecule has 0 spiro atoms. The number of nitrogens with zero attached hydrogens (tertiary/aromatic N) is 1. The van der Waals surface area contributed by atoms with E-state index in [0.29, 0.717) is 10.9 Å². The zero-order valence-electron chi connectivity index (χ0n) is 20.8. The lowest BCUT2D eigenvalue weighted by molar-refractivity contribution is -0.145. The summed E-state index contributed by atoms with van der Waals surface area (Å²) in [6.45, 7) is 1.92. The second-order valence-corrected chi connectivity index (χ2v) is 10.4. The molecule has 8 N–H and O–H groups in total. The fourth-order valence-corrected chi connectivity index (χ4v) is 6.53. The summed E-state index contributed by atoms with van der Waals surface area (Å²) in [5.74, 6) is -8.26. The van der Waals surface area contributed by atoms with E-state index in [2.05, 4.69) is 4.98 Å². The van der Waals surface area contributed by atoms with E-state index >= 15 is 0 Å². The third-order valence-electron chi connectivity index (χ3n) is 8.40. The summed E-state index contributed by atoms with van der Waals surface area (Å²) in [5, 5.41) is 45.6. The van der Waals surface area contributed by atoms with Crippen LogP contribution in [0.4, 0.5) is 0 Å². The van der Waals surface area contributed by atoms with Crippen molar-refractivity contribution in [3.05, 3.63) is 93.6 Å². The standard InChI is InChI=1S/C29H25N3O7/c1-11-4-6-12(7-5-11)17-14-9-13-3-2-8-32-22(13)25(35)18(14)23(33)19-15(17)10-16-21(30)24(34)20(28(31)38)27(37)29(16,39)26(19)36/h2-9,15-17,21,34-36,39H,10,30H2,1H3,(H2,31,38)/t15-,16+,17+,21+,29+/m1/s1. The van der Waals surface area contributed by atoms with Crippen LogP contribution in [0.15, 0.2) is 71.3 Å². The number of ketones is 2. The van der Waals surface area contributed by atoms with Crippen molar-refractivity contribution in [2.75, 3.05) is 0 Å². The summed E-state index contributed by atoms with van der Waals surface area (Å²) in [4.78, 5) is 43.6. The average molecular weight is 528 g/mol. The summed E-state index contributed by atoms with van der Waals surface area (Å²) >= 11 is 0. The Morgan fingerprint density at radius 2 is 1.79 bits per heavy atom. The Bertz CT molecular complexity index is 1690. The van der Waals surface area contributed by atoms with Crippen LogP contribution in [0.2, 0.25) is 0 Å². The highest BCUT2D eigenvalue weighted by molar-refractivity contribution is 6.25. The number of phenols is 1. The van der Waals surface area contributed by atoms with Crippen molar-refractivity contribution in [2.45, 2.75) is 30.9 Å². The smallest absolute Gasteiger partial charge is 0.255 e. The molecule has 6 rings (SSSR count). The third-order valence-corrected chi connectivity index (χ3v) is 8.40. The van der Waals surface area contributed by atoms with Gasteiger partial charge in [-0.25, -0.2) is 0 Å². The zero-order chi connectivity index (χ0) is 28.0. The van der Waals surface area contributed by atoms with Gasteiger partial charge in [-0.05, 0) is 36.6 Å². The molecule has 10 heteroatoms. The van der Waals surface area contributed by atoms with Gasteiger partial charge in [-0.1, -0.05) is 35.9 Å². The van der Waals surface area contributed by atoms with Gasteiger partial charge in [0.1, 0.15) is 22.6 Å². The van der Waals surface area contributed by atoms with Gasteiger partial charge in [-0.3, -0.25) is 19.4 Å². The molecule has 1 heterocycles. The lowest BCUT2D eigenvalue weighted by Gasteiger charge is -2.49. The number of fused-ring (bicyclic) bond motifs is 4. The molecule has 1 aromatic heterocycles. The molecule has 0 aliphatic heterocycles. The molecule has 0 fully saturated rings.